The summed E-state index contributed by atoms with van der Waals surface area (Å²) in [5, 5.41) is 3.77. The largest absolute Gasteiger partial charge is 0.491 e. The third-order valence-corrected chi connectivity index (χ3v) is 7.78. The van der Waals surface area contributed by atoms with Gasteiger partial charge in [-0.05, 0) is 50.5 Å². The maximum Gasteiger partial charge on any atom is 0.338 e. The number of aromatic nitrogens is 3. The Morgan fingerprint density at radius 1 is 0.977 bits per heavy atom. The smallest absolute Gasteiger partial charge is 0.338 e. The van der Waals surface area contributed by atoms with Crippen LogP contribution in [0.5, 0.6) is 17.6 Å². The van der Waals surface area contributed by atoms with Crippen molar-refractivity contribution in [3.8, 4) is 28.8 Å². The lowest BCUT2D eigenvalue weighted by Crippen LogP contribution is -2.25. The monoisotopic (exact) mass is 623 g/mol. The molecule has 12 nitrogen and oxygen atoms in total. The number of pyridine rings is 1. The molecule has 0 aliphatic rings. The minimum atomic E-state index is -3.96. The molecule has 0 amide bonds. The lowest BCUT2D eigenvalue weighted by Gasteiger charge is -2.18. The Labute approximate surface area is 257 Å². The summed E-state index contributed by atoms with van der Waals surface area (Å²) in [5.41, 5.74) is 2.76. The predicted octanol–water partition coefficient (Wildman–Crippen LogP) is 5.49. The lowest BCUT2D eigenvalue weighted by atomic mass is 10.0. The Hall–Kier alpha value is -4.49. The van der Waals surface area contributed by atoms with E-state index in [0.717, 1.165) is 0 Å². The van der Waals surface area contributed by atoms with Gasteiger partial charge in [0.2, 0.25) is 15.9 Å². The summed E-state index contributed by atoms with van der Waals surface area (Å²) >= 11 is 0. The summed E-state index contributed by atoms with van der Waals surface area (Å²) < 4.78 is 51.3. The van der Waals surface area contributed by atoms with Gasteiger partial charge in [0.25, 0.3) is 0 Å². The Morgan fingerprint density at radius 3 is 2.45 bits per heavy atom. The molecule has 0 bridgehead atoms. The summed E-state index contributed by atoms with van der Waals surface area (Å²) in [6, 6.07) is 10.4. The zero-order chi connectivity index (χ0) is 31.9. The molecule has 2 heterocycles. The number of hydrogen-bond acceptors (Lipinski definition) is 11. The molecule has 4 aromatic rings. The quantitative estimate of drug-likeness (QED) is 0.172. The molecule has 0 aliphatic heterocycles. The van der Waals surface area contributed by atoms with Gasteiger partial charge >= 0.3 is 12.0 Å². The second-order valence-corrected chi connectivity index (χ2v) is 11.8. The molecule has 13 heteroatoms. The Balaban J connectivity index is 1.88. The highest BCUT2D eigenvalue weighted by atomic mass is 32.2. The minimum Gasteiger partial charge on any atom is -0.491 e. The molecule has 0 atom stereocenters. The van der Waals surface area contributed by atoms with E-state index in [1.54, 1.807) is 42.6 Å². The van der Waals surface area contributed by atoms with E-state index in [1.165, 1.54) is 20.4 Å². The fourth-order valence-electron chi connectivity index (χ4n) is 4.34. The number of rotatable bonds is 14. The molecule has 0 fully saturated rings. The Morgan fingerprint density at radius 2 is 1.77 bits per heavy atom. The molecule has 2 N–H and O–H groups in total. The normalized spacial score (nSPS) is 11.4. The van der Waals surface area contributed by atoms with Gasteiger partial charge in [0.15, 0.2) is 0 Å². The third kappa shape index (κ3) is 7.53. The van der Waals surface area contributed by atoms with E-state index in [4.69, 9.17) is 18.9 Å². The summed E-state index contributed by atoms with van der Waals surface area (Å²) in [7, 11) is -1.00. The first-order valence-corrected chi connectivity index (χ1v) is 15.7. The van der Waals surface area contributed by atoms with Crippen LogP contribution in [0.25, 0.3) is 22.0 Å². The first-order chi connectivity index (χ1) is 21.1. The number of fused-ring (bicyclic) bond motifs is 1. The van der Waals surface area contributed by atoms with Crippen molar-refractivity contribution < 1.29 is 32.2 Å². The fraction of sp³-hybridized carbons (Fsp3) is 0.355. The van der Waals surface area contributed by atoms with Crippen molar-refractivity contribution in [3.05, 3.63) is 54.4 Å². The summed E-state index contributed by atoms with van der Waals surface area (Å²) in [4.78, 5) is 25.7. The van der Waals surface area contributed by atoms with Crippen LogP contribution in [0.2, 0.25) is 0 Å². The molecule has 2 aromatic carbocycles. The molecule has 2 aromatic heterocycles. The highest BCUT2D eigenvalue weighted by Crippen LogP contribution is 2.37. The summed E-state index contributed by atoms with van der Waals surface area (Å²) in [6.07, 6.45) is 4.00. The van der Waals surface area contributed by atoms with Gasteiger partial charge < -0.3 is 24.3 Å². The van der Waals surface area contributed by atoms with Gasteiger partial charge in [-0.15, -0.1) is 0 Å². The van der Waals surface area contributed by atoms with Crippen LogP contribution in [0.4, 0.5) is 11.4 Å². The topological polar surface area (TPSA) is 151 Å². The van der Waals surface area contributed by atoms with Gasteiger partial charge in [0.05, 0.1) is 49.3 Å². The van der Waals surface area contributed by atoms with Crippen LogP contribution in [0, 0.1) is 0 Å². The zero-order valence-electron chi connectivity index (χ0n) is 25.6. The molecule has 0 saturated carbocycles. The van der Waals surface area contributed by atoms with Gasteiger partial charge in [0.1, 0.15) is 10.6 Å². The molecule has 0 aliphatic carbocycles. The van der Waals surface area contributed by atoms with Crippen LogP contribution in [-0.4, -0.2) is 62.8 Å². The second-order valence-electron chi connectivity index (χ2n) is 10.1. The van der Waals surface area contributed by atoms with E-state index in [2.05, 4.69) is 25.0 Å². The SMILES string of the molecule is CCCNS(=O)(=O)c1cnc2cc(-c3cnc(OC)nc3OC)ccc2c1Nc1cc(OC(C)C)cc(C(=O)OCCC)c1. The van der Waals surface area contributed by atoms with Crippen molar-refractivity contribution in [2.24, 2.45) is 0 Å². The van der Waals surface area contributed by atoms with Gasteiger partial charge in [0, 0.05) is 36.1 Å². The molecule has 0 saturated heterocycles. The predicted molar refractivity (Wildman–Crippen MR) is 167 cm³/mol. The standard InChI is InChI=1S/C31H37N5O7S/c1-7-11-34-44(38,39)27-18-32-26-15-20(25-17-33-31(41-6)36-29(25)40-5)9-10-24(26)28(27)35-22-13-21(30(37)42-12-8-2)14-23(16-22)43-19(3)4/h9-10,13-19,34H,7-8,11-12H2,1-6H3,(H,32,35). The average Bonchev–Trinajstić information content (AvgIpc) is 3.01. The number of nitrogens with one attached hydrogen (secondary N) is 2. The number of nitrogens with zero attached hydrogens (tertiary/aromatic N) is 3. The molecular weight excluding hydrogens is 586 g/mol. The van der Waals surface area contributed by atoms with E-state index >= 15 is 0 Å². The van der Waals surface area contributed by atoms with Crippen molar-refractivity contribution in [2.45, 2.75) is 51.5 Å². The lowest BCUT2D eigenvalue weighted by molar-refractivity contribution is 0.0504. The molecule has 234 valence electrons. The molecule has 4 rings (SSSR count). The van der Waals surface area contributed by atoms with Gasteiger partial charge in [-0.1, -0.05) is 26.0 Å². The maximum absolute atomic E-state index is 13.4. The van der Waals surface area contributed by atoms with Gasteiger partial charge in [-0.3, -0.25) is 4.98 Å². The maximum atomic E-state index is 13.4. The summed E-state index contributed by atoms with van der Waals surface area (Å²) in [5.74, 6) is 0.220. The number of methoxy groups -OCH3 is 2. The average molecular weight is 624 g/mol. The van der Waals surface area contributed by atoms with Crippen LogP contribution in [0.3, 0.4) is 0 Å². The Kier molecular flexibility index (Phi) is 10.6. The number of sulfonamides is 1. The third-order valence-electron chi connectivity index (χ3n) is 6.31. The van der Waals surface area contributed by atoms with Crippen molar-refractivity contribution >= 4 is 38.3 Å². The minimum absolute atomic E-state index is 0.0538. The highest BCUT2D eigenvalue weighted by Gasteiger charge is 2.23. The number of hydrogen-bond donors (Lipinski definition) is 2. The number of anilines is 2. The summed E-state index contributed by atoms with van der Waals surface area (Å²) in [6.45, 7) is 8.04. The van der Waals surface area contributed by atoms with Crippen molar-refractivity contribution in [1.29, 1.82) is 0 Å². The van der Waals surface area contributed by atoms with Crippen molar-refractivity contribution in [1.82, 2.24) is 19.7 Å². The fourth-order valence-corrected chi connectivity index (χ4v) is 5.59. The number of ether oxygens (including phenoxy) is 4. The zero-order valence-corrected chi connectivity index (χ0v) is 26.4. The van der Waals surface area contributed by atoms with Gasteiger partial charge in [-0.2, -0.15) is 4.98 Å². The number of esters is 1. The van der Waals surface area contributed by atoms with E-state index in [1.807, 2.05) is 27.7 Å². The van der Waals surface area contributed by atoms with Crippen molar-refractivity contribution in [2.75, 3.05) is 32.7 Å². The highest BCUT2D eigenvalue weighted by molar-refractivity contribution is 7.89. The number of benzene rings is 2. The molecule has 0 unspecified atom stereocenters. The molecule has 0 spiro atoms. The van der Waals surface area contributed by atoms with Crippen LogP contribution in [0.1, 0.15) is 50.9 Å². The van der Waals surface area contributed by atoms with Crippen LogP contribution >= 0.6 is 0 Å². The van der Waals surface area contributed by atoms with E-state index in [9.17, 15) is 13.2 Å². The first kappa shape index (κ1) is 32.4. The number of carbonyl (C=O) groups excluding carboxylic acids is 1. The van der Waals surface area contributed by atoms with E-state index < -0.39 is 16.0 Å². The van der Waals surface area contributed by atoms with E-state index in [-0.39, 0.29) is 41.4 Å². The molecular formula is C31H37N5O7S. The van der Waals surface area contributed by atoms with Crippen LogP contribution in [-0.2, 0) is 14.8 Å². The van der Waals surface area contributed by atoms with Crippen molar-refractivity contribution in [3.63, 3.8) is 0 Å². The Bertz CT molecular complexity index is 1750. The van der Waals surface area contributed by atoms with E-state index in [0.29, 0.717) is 52.2 Å². The molecule has 0 radical (unpaired) electrons. The van der Waals surface area contributed by atoms with Crippen LogP contribution < -0.4 is 24.2 Å². The first-order valence-electron chi connectivity index (χ1n) is 14.2. The molecule has 44 heavy (non-hydrogen) atoms. The van der Waals surface area contributed by atoms with Gasteiger partial charge in [-0.25, -0.2) is 22.9 Å². The number of carbonyl (C=O) groups is 1. The second kappa shape index (κ2) is 14.3. The van der Waals surface area contributed by atoms with Crippen LogP contribution in [0.15, 0.2) is 53.7 Å².